The highest BCUT2D eigenvalue weighted by molar-refractivity contribution is 5.48. The maximum atomic E-state index is 8.81. The normalized spacial score (nSPS) is 17.6. The Morgan fingerprint density at radius 1 is 1.48 bits per heavy atom. The van der Waals surface area contributed by atoms with Crippen LogP contribution in [0.2, 0.25) is 0 Å². The summed E-state index contributed by atoms with van der Waals surface area (Å²) in [5.74, 6) is 6.79. The molecule has 1 unspecified atom stereocenters. The van der Waals surface area contributed by atoms with Crippen molar-refractivity contribution in [2.24, 2.45) is 0 Å². The molecular weight excluding hydrogens is 266 g/mol. The number of methoxy groups -OCH3 is 1. The van der Waals surface area contributed by atoms with Crippen molar-refractivity contribution in [1.29, 1.82) is 0 Å². The first-order chi connectivity index (χ1) is 10.2. The summed E-state index contributed by atoms with van der Waals surface area (Å²) < 4.78 is 10.8. The Morgan fingerprint density at radius 2 is 2.33 bits per heavy atom. The predicted molar refractivity (Wildman–Crippen MR) is 82.3 cm³/mol. The van der Waals surface area contributed by atoms with E-state index in [2.05, 4.69) is 35.9 Å². The number of hydrogen-bond donors (Lipinski definition) is 1. The summed E-state index contributed by atoms with van der Waals surface area (Å²) in [7, 11) is 3.77. The second-order valence-corrected chi connectivity index (χ2v) is 5.24. The summed E-state index contributed by atoms with van der Waals surface area (Å²) in [4.78, 5) is 2.32. The molecule has 0 aliphatic carbocycles. The lowest BCUT2D eigenvalue weighted by Gasteiger charge is -2.23. The largest absolute Gasteiger partial charge is 0.495 e. The van der Waals surface area contributed by atoms with E-state index in [1.807, 2.05) is 6.07 Å². The number of benzene rings is 1. The first-order valence-corrected chi connectivity index (χ1v) is 7.29. The Balaban J connectivity index is 2.09. The fourth-order valence-corrected chi connectivity index (χ4v) is 2.45. The summed E-state index contributed by atoms with van der Waals surface area (Å²) in [5, 5.41) is 8.81. The molecule has 0 amide bonds. The molecule has 114 valence electrons. The minimum atomic E-state index is 0.0828. The van der Waals surface area contributed by atoms with E-state index < -0.39 is 0 Å². The van der Waals surface area contributed by atoms with Crippen LogP contribution in [0.1, 0.15) is 24.0 Å². The van der Waals surface area contributed by atoms with E-state index >= 15 is 0 Å². The lowest BCUT2D eigenvalue weighted by molar-refractivity contribution is 0.156. The molecule has 0 aromatic heterocycles. The molecule has 1 N–H and O–H groups in total. The van der Waals surface area contributed by atoms with Crippen LogP contribution in [0.4, 0.5) is 0 Å². The number of aliphatic hydroxyl groups is 1. The van der Waals surface area contributed by atoms with Crippen LogP contribution in [-0.4, -0.2) is 50.0 Å². The van der Waals surface area contributed by atoms with Crippen molar-refractivity contribution in [2.45, 2.75) is 25.4 Å². The van der Waals surface area contributed by atoms with E-state index in [-0.39, 0.29) is 6.61 Å². The van der Waals surface area contributed by atoms with Gasteiger partial charge in [0.1, 0.15) is 5.75 Å². The lowest BCUT2D eigenvalue weighted by Crippen LogP contribution is -2.31. The summed E-state index contributed by atoms with van der Waals surface area (Å²) in [6.07, 6.45) is 1.57. The van der Waals surface area contributed by atoms with Crippen LogP contribution in [0.5, 0.6) is 5.75 Å². The smallest absolute Gasteiger partial charge is 0.134 e. The van der Waals surface area contributed by atoms with Crippen molar-refractivity contribution >= 4 is 0 Å². The third kappa shape index (κ3) is 4.47. The lowest BCUT2D eigenvalue weighted by atomic mass is 10.1. The second-order valence-electron chi connectivity index (χ2n) is 5.24. The summed E-state index contributed by atoms with van der Waals surface area (Å²) >= 11 is 0. The van der Waals surface area contributed by atoms with E-state index in [1.54, 1.807) is 7.11 Å². The summed E-state index contributed by atoms with van der Waals surface area (Å²) in [6.45, 7) is 2.62. The van der Waals surface area contributed by atoms with Gasteiger partial charge in [-0.15, -0.1) is 0 Å². The second kappa shape index (κ2) is 8.04. The van der Waals surface area contributed by atoms with Crippen LogP contribution < -0.4 is 4.74 Å². The Morgan fingerprint density at radius 3 is 3.00 bits per heavy atom. The van der Waals surface area contributed by atoms with Crippen molar-refractivity contribution in [2.75, 3.05) is 34.0 Å². The average molecular weight is 289 g/mol. The Kier molecular flexibility index (Phi) is 6.06. The molecule has 4 heteroatoms. The van der Waals surface area contributed by atoms with Gasteiger partial charge in [-0.25, -0.2) is 0 Å². The summed E-state index contributed by atoms with van der Waals surface area (Å²) in [6, 6.07) is 6.59. The van der Waals surface area contributed by atoms with E-state index in [9.17, 15) is 0 Å². The highest BCUT2D eigenvalue weighted by atomic mass is 16.5. The SMILES string of the molecule is COc1ccc(CN(C)C2CCOC2)cc1C#CCCO. The minimum Gasteiger partial charge on any atom is -0.495 e. The Bertz CT molecular complexity index is 513. The highest BCUT2D eigenvalue weighted by Crippen LogP contribution is 2.21. The maximum absolute atomic E-state index is 8.81. The molecule has 21 heavy (non-hydrogen) atoms. The van der Waals surface area contributed by atoms with Crippen molar-refractivity contribution in [3.63, 3.8) is 0 Å². The molecule has 1 fully saturated rings. The van der Waals surface area contributed by atoms with Crippen LogP contribution in [0.3, 0.4) is 0 Å². The van der Waals surface area contributed by atoms with Gasteiger partial charge in [-0.3, -0.25) is 4.90 Å². The van der Waals surface area contributed by atoms with Crippen molar-refractivity contribution in [3.05, 3.63) is 29.3 Å². The zero-order chi connectivity index (χ0) is 15.1. The number of nitrogens with zero attached hydrogens (tertiary/aromatic N) is 1. The molecule has 1 atom stereocenters. The van der Waals surface area contributed by atoms with Gasteiger partial charge in [0.2, 0.25) is 0 Å². The van der Waals surface area contributed by atoms with Gasteiger partial charge < -0.3 is 14.6 Å². The van der Waals surface area contributed by atoms with Gasteiger partial charge in [0.25, 0.3) is 0 Å². The molecule has 0 saturated carbocycles. The first kappa shape index (κ1) is 15.8. The third-order valence-electron chi connectivity index (χ3n) is 3.68. The van der Waals surface area contributed by atoms with E-state index in [0.29, 0.717) is 12.5 Å². The fraction of sp³-hybridized carbons (Fsp3) is 0.529. The molecule has 1 aliphatic rings. The van der Waals surface area contributed by atoms with Gasteiger partial charge in [-0.2, -0.15) is 0 Å². The first-order valence-electron chi connectivity index (χ1n) is 7.29. The summed E-state index contributed by atoms with van der Waals surface area (Å²) in [5.41, 5.74) is 2.08. The topological polar surface area (TPSA) is 41.9 Å². The average Bonchev–Trinajstić information content (AvgIpc) is 3.02. The molecule has 1 aliphatic heterocycles. The quantitative estimate of drug-likeness (QED) is 0.837. The standard InChI is InChI=1S/C17H23NO3/c1-18(16-8-10-21-13-16)12-14-6-7-17(20-2)15(11-14)5-3-4-9-19/h6-7,11,16,19H,4,8-10,12-13H2,1-2H3. The molecule has 0 radical (unpaired) electrons. The highest BCUT2D eigenvalue weighted by Gasteiger charge is 2.20. The molecule has 2 rings (SSSR count). The van der Waals surface area contributed by atoms with Crippen LogP contribution in [0.15, 0.2) is 18.2 Å². The molecule has 0 spiro atoms. The van der Waals surface area contributed by atoms with Gasteiger partial charge >= 0.3 is 0 Å². The molecular formula is C17H23NO3. The van der Waals surface area contributed by atoms with Crippen molar-refractivity contribution in [3.8, 4) is 17.6 Å². The molecule has 1 saturated heterocycles. The zero-order valence-electron chi connectivity index (χ0n) is 12.8. The Hall–Kier alpha value is -1.54. The number of aliphatic hydroxyl groups excluding tert-OH is 1. The predicted octanol–water partition coefficient (Wildman–Crippen LogP) is 1.65. The molecule has 1 heterocycles. The van der Waals surface area contributed by atoms with Crippen molar-refractivity contribution < 1.29 is 14.6 Å². The van der Waals surface area contributed by atoms with Gasteiger partial charge in [-0.1, -0.05) is 17.9 Å². The number of likely N-dealkylation sites (N-methyl/N-ethyl adjacent to an activating group) is 1. The van der Waals surface area contributed by atoms with Gasteiger partial charge in [0, 0.05) is 25.6 Å². The van der Waals surface area contributed by atoms with E-state index in [1.165, 1.54) is 5.56 Å². The van der Waals surface area contributed by atoms with Crippen LogP contribution in [-0.2, 0) is 11.3 Å². The van der Waals surface area contributed by atoms with Gasteiger partial charge in [-0.05, 0) is 31.2 Å². The molecule has 0 bridgehead atoms. The third-order valence-corrected chi connectivity index (χ3v) is 3.68. The van der Waals surface area contributed by atoms with Gasteiger partial charge in [0.05, 0.1) is 25.9 Å². The number of ether oxygens (including phenoxy) is 2. The Labute approximate surface area is 126 Å². The van der Waals surface area contributed by atoms with Crippen LogP contribution in [0, 0.1) is 11.8 Å². The molecule has 1 aromatic rings. The fourth-order valence-electron chi connectivity index (χ4n) is 2.45. The molecule has 4 nitrogen and oxygen atoms in total. The van der Waals surface area contributed by atoms with Gasteiger partial charge in [0.15, 0.2) is 0 Å². The van der Waals surface area contributed by atoms with Crippen LogP contribution in [0.25, 0.3) is 0 Å². The van der Waals surface area contributed by atoms with Crippen molar-refractivity contribution in [1.82, 2.24) is 4.90 Å². The maximum Gasteiger partial charge on any atom is 0.134 e. The zero-order valence-corrected chi connectivity index (χ0v) is 12.8. The van der Waals surface area contributed by atoms with E-state index in [0.717, 1.165) is 37.5 Å². The monoisotopic (exact) mass is 289 g/mol. The van der Waals surface area contributed by atoms with E-state index in [4.69, 9.17) is 14.6 Å². The van der Waals surface area contributed by atoms with Crippen LogP contribution >= 0.6 is 0 Å². The minimum absolute atomic E-state index is 0.0828. The number of rotatable bonds is 5. The molecule has 1 aromatic carbocycles. The number of hydrogen-bond acceptors (Lipinski definition) is 4.